The molecule has 1 saturated carbocycles. The molecule has 1 aromatic rings. The molecule has 2 unspecified atom stereocenters. The average Bonchev–Trinajstić information content (AvgIpc) is 2.78. The van der Waals surface area contributed by atoms with Gasteiger partial charge < -0.3 is 10.4 Å². The summed E-state index contributed by atoms with van der Waals surface area (Å²) < 4.78 is 0. The third-order valence-corrected chi connectivity index (χ3v) is 3.49. The van der Waals surface area contributed by atoms with E-state index in [2.05, 4.69) is 17.4 Å². The van der Waals surface area contributed by atoms with Crippen LogP contribution in [-0.4, -0.2) is 23.7 Å². The van der Waals surface area contributed by atoms with Crippen molar-refractivity contribution in [2.45, 2.75) is 31.7 Å². The molecule has 1 aromatic carbocycles. The molecule has 0 aliphatic heterocycles. The van der Waals surface area contributed by atoms with Gasteiger partial charge in [0.15, 0.2) is 0 Å². The lowest BCUT2D eigenvalue weighted by Crippen LogP contribution is -2.39. The average molecular weight is 233 g/mol. The van der Waals surface area contributed by atoms with Crippen molar-refractivity contribution in [1.29, 1.82) is 0 Å². The molecule has 0 saturated heterocycles. The molecule has 3 heteroatoms. The van der Waals surface area contributed by atoms with Crippen LogP contribution in [-0.2, 0) is 11.2 Å². The topological polar surface area (TPSA) is 49.3 Å². The van der Waals surface area contributed by atoms with Crippen molar-refractivity contribution in [3.63, 3.8) is 0 Å². The molecule has 1 aliphatic rings. The van der Waals surface area contributed by atoms with E-state index in [4.69, 9.17) is 5.11 Å². The lowest BCUT2D eigenvalue weighted by atomic mass is 9.94. The van der Waals surface area contributed by atoms with Crippen molar-refractivity contribution < 1.29 is 9.90 Å². The summed E-state index contributed by atoms with van der Waals surface area (Å²) in [6, 6.07) is 10.6. The minimum Gasteiger partial charge on any atom is -0.387 e. The molecule has 1 amide bonds. The Morgan fingerprint density at radius 2 is 2.06 bits per heavy atom. The van der Waals surface area contributed by atoms with Crippen molar-refractivity contribution in [2.24, 2.45) is 5.92 Å². The molecule has 17 heavy (non-hydrogen) atoms. The third kappa shape index (κ3) is 3.30. The first-order valence-corrected chi connectivity index (χ1v) is 6.23. The van der Waals surface area contributed by atoms with E-state index in [1.165, 1.54) is 5.56 Å². The summed E-state index contributed by atoms with van der Waals surface area (Å²) in [5.74, 6) is 0.253. The van der Waals surface area contributed by atoms with Crippen molar-refractivity contribution in [1.82, 2.24) is 5.32 Å². The van der Waals surface area contributed by atoms with Gasteiger partial charge in [0, 0.05) is 6.04 Å². The number of carbonyl (C=O) groups excluding carboxylic acids is 1. The zero-order valence-electron chi connectivity index (χ0n) is 9.93. The predicted molar refractivity (Wildman–Crippen MR) is 66.5 cm³/mol. The van der Waals surface area contributed by atoms with Crippen LogP contribution in [0.5, 0.6) is 0 Å². The van der Waals surface area contributed by atoms with Gasteiger partial charge in [0.1, 0.15) is 6.61 Å². The highest BCUT2D eigenvalue weighted by molar-refractivity contribution is 5.77. The van der Waals surface area contributed by atoms with Crippen LogP contribution < -0.4 is 5.32 Å². The Bertz CT molecular complexity index is 364. The molecule has 2 rings (SSSR count). The number of carbonyl (C=O) groups is 1. The van der Waals surface area contributed by atoms with Gasteiger partial charge in [-0.3, -0.25) is 4.79 Å². The summed E-state index contributed by atoms with van der Waals surface area (Å²) in [5.41, 5.74) is 1.32. The van der Waals surface area contributed by atoms with E-state index >= 15 is 0 Å². The van der Waals surface area contributed by atoms with E-state index in [1.807, 2.05) is 18.2 Å². The third-order valence-electron chi connectivity index (χ3n) is 3.49. The van der Waals surface area contributed by atoms with Gasteiger partial charge in [0.2, 0.25) is 5.91 Å². The van der Waals surface area contributed by atoms with E-state index in [0.717, 1.165) is 25.7 Å². The molecule has 0 aromatic heterocycles. The van der Waals surface area contributed by atoms with Crippen LogP contribution in [0.3, 0.4) is 0 Å². The Kier molecular flexibility index (Phi) is 4.15. The minimum absolute atomic E-state index is 0.231. The number of rotatable bonds is 4. The summed E-state index contributed by atoms with van der Waals surface area (Å²) in [6.45, 7) is -0.408. The zero-order chi connectivity index (χ0) is 12.1. The van der Waals surface area contributed by atoms with E-state index < -0.39 is 6.61 Å². The lowest BCUT2D eigenvalue weighted by Gasteiger charge is -2.20. The number of benzene rings is 1. The van der Waals surface area contributed by atoms with Crippen LogP contribution in [0.4, 0.5) is 0 Å². The van der Waals surface area contributed by atoms with Gasteiger partial charge in [-0.1, -0.05) is 36.8 Å². The molecule has 3 nitrogen and oxygen atoms in total. The molecule has 1 fully saturated rings. The maximum Gasteiger partial charge on any atom is 0.245 e. The van der Waals surface area contributed by atoms with Crippen molar-refractivity contribution in [3.05, 3.63) is 35.9 Å². The predicted octanol–water partition coefficient (Wildman–Crippen LogP) is 1.51. The SMILES string of the molecule is O=C(CO)NC1CCCC1Cc1ccccc1. The van der Waals surface area contributed by atoms with E-state index in [-0.39, 0.29) is 11.9 Å². The molecule has 92 valence electrons. The van der Waals surface area contributed by atoms with Crippen molar-refractivity contribution >= 4 is 5.91 Å². The first kappa shape index (κ1) is 12.1. The molecule has 2 atom stereocenters. The van der Waals surface area contributed by atoms with Crippen molar-refractivity contribution in [2.75, 3.05) is 6.61 Å². The van der Waals surface area contributed by atoms with Crippen LogP contribution in [0.25, 0.3) is 0 Å². The lowest BCUT2D eigenvalue weighted by molar-refractivity contribution is -0.124. The van der Waals surface area contributed by atoms with Crippen LogP contribution >= 0.6 is 0 Å². The number of amides is 1. The molecule has 0 bridgehead atoms. The van der Waals surface area contributed by atoms with E-state index in [9.17, 15) is 4.79 Å². The maximum atomic E-state index is 11.2. The fourth-order valence-corrected chi connectivity index (χ4v) is 2.64. The maximum absolute atomic E-state index is 11.2. The van der Waals surface area contributed by atoms with E-state index in [0.29, 0.717) is 5.92 Å². The van der Waals surface area contributed by atoms with Crippen LogP contribution in [0.2, 0.25) is 0 Å². The second kappa shape index (κ2) is 5.82. The second-order valence-corrected chi connectivity index (χ2v) is 4.71. The Morgan fingerprint density at radius 1 is 1.29 bits per heavy atom. The largest absolute Gasteiger partial charge is 0.387 e. The highest BCUT2D eigenvalue weighted by Gasteiger charge is 2.28. The van der Waals surface area contributed by atoms with Gasteiger partial charge >= 0.3 is 0 Å². The monoisotopic (exact) mass is 233 g/mol. The highest BCUT2D eigenvalue weighted by Crippen LogP contribution is 2.28. The molecule has 0 heterocycles. The molecule has 0 spiro atoms. The Balaban J connectivity index is 1.93. The Hall–Kier alpha value is -1.35. The number of hydrogen-bond acceptors (Lipinski definition) is 2. The fourth-order valence-electron chi connectivity index (χ4n) is 2.64. The standard InChI is InChI=1S/C14H19NO2/c16-10-14(17)15-13-8-4-7-12(13)9-11-5-2-1-3-6-11/h1-3,5-6,12-13,16H,4,7-10H2,(H,15,17). The molecule has 0 radical (unpaired) electrons. The van der Waals surface area contributed by atoms with Crippen LogP contribution in [0.15, 0.2) is 30.3 Å². The van der Waals surface area contributed by atoms with Gasteiger partial charge in [0.25, 0.3) is 0 Å². The normalized spacial score (nSPS) is 23.6. The molecular weight excluding hydrogens is 214 g/mol. The minimum atomic E-state index is -0.408. The summed E-state index contributed by atoms with van der Waals surface area (Å²) in [4.78, 5) is 11.2. The Labute approximate surface area is 102 Å². The number of aliphatic hydroxyl groups excluding tert-OH is 1. The summed E-state index contributed by atoms with van der Waals surface area (Å²) in [6.07, 6.45) is 4.36. The summed E-state index contributed by atoms with van der Waals surface area (Å²) >= 11 is 0. The first-order valence-electron chi connectivity index (χ1n) is 6.23. The zero-order valence-corrected chi connectivity index (χ0v) is 9.93. The van der Waals surface area contributed by atoms with Gasteiger partial charge in [-0.25, -0.2) is 0 Å². The summed E-state index contributed by atoms with van der Waals surface area (Å²) in [7, 11) is 0. The van der Waals surface area contributed by atoms with Gasteiger partial charge in [0.05, 0.1) is 0 Å². The van der Waals surface area contributed by atoms with Gasteiger partial charge in [-0.2, -0.15) is 0 Å². The van der Waals surface area contributed by atoms with Crippen molar-refractivity contribution in [3.8, 4) is 0 Å². The molecule has 2 N–H and O–H groups in total. The Morgan fingerprint density at radius 3 is 2.76 bits per heavy atom. The number of hydrogen-bond donors (Lipinski definition) is 2. The second-order valence-electron chi connectivity index (χ2n) is 4.71. The number of nitrogens with one attached hydrogen (secondary N) is 1. The fraction of sp³-hybridized carbons (Fsp3) is 0.500. The van der Waals surface area contributed by atoms with Crippen LogP contribution in [0, 0.1) is 5.92 Å². The first-order chi connectivity index (χ1) is 8.29. The quantitative estimate of drug-likeness (QED) is 0.828. The highest BCUT2D eigenvalue weighted by atomic mass is 16.3. The van der Waals surface area contributed by atoms with E-state index in [1.54, 1.807) is 0 Å². The van der Waals surface area contributed by atoms with Gasteiger partial charge in [-0.05, 0) is 30.7 Å². The van der Waals surface area contributed by atoms with Crippen LogP contribution in [0.1, 0.15) is 24.8 Å². The number of aliphatic hydroxyl groups is 1. The summed E-state index contributed by atoms with van der Waals surface area (Å²) in [5, 5.41) is 11.7. The molecule has 1 aliphatic carbocycles. The molecular formula is C14H19NO2. The van der Waals surface area contributed by atoms with Gasteiger partial charge in [-0.15, -0.1) is 0 Å². The smallest absolute Gasteiger partial charge is 0.245 e.